The molecule has 0 unspecified atom stereocenters. The van der Waals surface area contributed by atoms with Gasteiger partial charge in [-0.3, -0.25) is 0 Å². The molecular weight excluding hydrogens is 396 g/mol. The van der Waals surface area contributed by atoms with Crippen LogP contribution < -0.4 is 4.90 Å². The lowest BCUT2D eigenvalue weighted by Crippen LogP contribution is -2.19. The number of nitrogens with zero attached hydrogens (tertiary/aromatic N) is 5. The van der Waals surface area contributed by atoms with Crippen molar-refractivity contribution in [1.29, 1.82) is 0 Å². The number of unbranched alkanes of at least 4 members (excludes halogenated alkanes) is 4. The van der Waals surface area contributed by atoms with E-state index in [2.05, 4.69) is 80.0 Å². The molecule has 0 aliphatic carbocycles. The van der Waals surface area contributed by atoms with E-state index in [4.69, 9.17) is 4.98 Å². The van der Waals surface area contributed by atoms with Gasteiger partial charge in [0.2, 0.25) is 0 Å². The molecule has 0 aromatic carbocycles. The maximum atomic E-state index is 5.12. The van der Waals surface area contributed by atoms with E-state index in [1.807, 2.05) is 4.52 Å². The Balaban J connectivity index is 1.73. The molecule has 0 aliphatic heterocycles. The minimum atomic E-state index is 0.340. The van der Waals surface area contributed by atoms with Crippen LogP contribution in [0, 0.1) is 13.8 Å². The number of H-pyrrole nitrogens is 1. The topological polar surface area (TPSA) is 62.1 Å². The molecule has 170 valence electrons. The fourth-order valence-corrected chi connectivity index (χ4v) is 4.58. The molecule has 0 radical (unpaired) electrons. The molecule has 4 heterocycles. The smallest absolute Gasteiger partial charge is 0.158 e. The van der Waals surface area contributed by atoms with E-state index in [1.165, 1.54) is 43.2 Å². The second-order valence-corrected chi connectivity index (χ2v) is 9.29. The number of aromatic nitrogens is 5. The zero-order valence-electron chi connectivity index (χ0n) is 20.4. The van der Waals surface area contributed by atoms with E-state index in [0.29, 0.717) is 5.92 Å². The van der Waals surface area contributed by atoms with E-state index in [0.717, 1.165) is 45.9 Å². The van der Waals surface area contributed by atoms with Crippen LogP contribution in [-0.4, -0.2) is 38.2 Å². The predicted molar refractivity (Wildman–Crippen MR) is 134 cm³/mol. The molecule has 4 rings (SSSR count). The maximum absolute atomic E-state index is 5.12. The second-order valence-electron chi connectivity index (χ2n) is 9.29. The van der Waals surface area contributed by atoms with Crippen LogP contribution >= 0.6 is 0 Å². The number of nitrogens with one attached hydrogen (secondary N) is 1. The largest absolute Gasteiger partial charge is 0.360 e. The standard InChI is InChI=1S/C26H36N6/c1-7-8-9-10-11-14-31(6)22-13-12-21-25(30-22)23(17(2)3)24(29-21)20-15-32-26(27-16-28-32)19(5)18(20)4/h12-13,15-17,29H,7-11,14H2,1-6H3. The van der Waals surface area contributed by atoms with Gasteiger partial charge < -0.3 is 9.88 Å². The van der Waals surface area contributed by atoms with E-state index in [1.54, 1.807) is 6.33 Å². The van der Waals surface area contributed by atoms with E-state index in [-0.39, 0.29) is 0 Å². The number of rotatable bonds is 9. The average Bonchev–Trinajstić information content (AvgIpc) is 3.39. The lowest BCUT2D eigenvalue weighted by Gasteiger charge is -2.18. The van der Waals surface area contributed by atoms with Gasteiger partial charge >= 0.3 is 0 Å². The predicted octanol–water partition coefficient (Wildman–Crippen LogP) is 6.42. The highest BCUT2D eigenvalue weighted by molar-refractivity contribution is 5.90. The van der Waals surface area contributed by atoms with Gasteiger partial charge in [0.15, 0.2) is 5.65 Å². The van der Waals surface area contributed by atoms with E-state index >= 15 is 0 Å². The highest BCUT2D eigenvalue weighted by Crippen LogP contribution is 2.37. The van der Waals surface area contributed by atoms with E-state index < -0.39 is 0 Å². The number of hydrogen-bond donors (Lipinski definition) is 1. The van der Waals surface area contributed by atoms with Crippen LogP contribution in [0.3, 0.4) is 0 Å². The summed E-state index contributed by atoms with van der Waals surface area (Å²) in [4.78, 5) is 15.5. The van der Waals surface area contributed by atoms with Crippen molar-refractivity contribution in [3.8, 4) is 11.3 Å². The van der Waals surface area contributed by atoms with Crippen LogP contribution in [0.15, 0.2) is 24.7 Å². The van der Waals surface area contributed by atoms with Gasteiger partial charge in [0.05, 0.1) is 16.7 Å². The van der Waals surface area contributed by atoms with Crippen LogP contribution in [0.5, 0.6) is 0 Å². The summed E-state index contributed by atoms with van der Waals surface area (Å²) in [5, 5.41) is 4.39. The number of pyridine rings is 2. The zero-order valence-corrected chi connectivity index (χ0v) is 20.4. The molecule has 0 amide bonds. The molecule has 6 heteroatoms. The Kier molecular flexibility index (Phi) is 6.49. The molecular formula is C26H36N6. The third-order valence-electron chi connectivity index (χ3n) is 6.63. The number of anilines is 1. The van der Waals surface area contributed by atoms with E-state index in [9.17, 15) is 0 Å². The minimum Gasteiger partial charge on any atom is -0.360 e. The monoisotopic (exact) mass is 432 g/mol. The molecule has 0 fully saturated rings. The first kappa shape index (κ1) is 22.3. The highest BCUT2D eigenvalue weighted by atomic mass is 15.3. The number of aromatic amines is 1. The molecule has 0 atom stereocenters. The lowest BCUT2D eigenvalue weighted by molar-refractivity contribution is 0.628. The molecule has 0 aliphatic rings. The normalized spacial score (nSPS) is 11.8. The molecule has 0 saturated heterocycles. The molecule has 0 bridgehead atoms. The fourth-order valence-electron chi connectivity index (χ4n) is 4.58. The molecule has 0 saturated carbocycles. The first-order valence-electron chi connectivity index (χ1n) is 12.0. The molecule has 1 N–H and O–H groups in total. The van der Waals surface area contributed by atoms with Gasteiger partial charge in [0, 0.05) is 30.9 Å². The van der Waals surface area contributed by atoms with Gasteiger partial charge in [-0.25, -0.2) is 14.5 Å². The van der Waals surface area contributed by atoms with Crippen LogP contribution in [0.4, 0.5) is 5.82 Å². The van der Waals surface area contributed by atoms with Crippen molar-refractivity contribution in [3.05, 3.63) is 41.3 Å². The van der Waals surface area contributed by atoms with Gasteiger partial charge in [0.25, 0.3) is 0 Å². The van der Waals surface area contributed by atoms with Crippen LogP contribution in [-0.2, 0) is 0 Å². The third kappa shape index (κ3) is 4.10. The highest BCUT2D eigenvalue weighted by Gasteiger charge is 2.21. The Morgan fingerprint density at radius 2 is 1.84 bits per heavy atom. The SMILES string of the molecule is CCCCCCCN(C)c1ccc2[nH]c(-c3cn4ncnc4c(C)c3C)c(C(C)C)c2n1. The zero-order chi connectivity index (χ0) is 22.8. The number of hydrogen-bond acceptors (Lipinski definition) is 4. The summed E-state index contributed by atoms with van der Waals surface area (Å²) in [6, 6.07) is 4.31. The second kappa shape index (κ2) is 9.31. The Morgan fingerprint density at radius 3 is 2.59 bits per heavy atom. The Labute approximate surface area is 191 Å². The van der Waals surface area contributed by atoms with Crippen molar-refractivity contribution in [2.24, 2.45) is 0 Å². The minimum absolute atomic E-state index is 0.340. The summed E-state index contributed by atoms with van der Waals surface area (Å²) in [6.07, 6.45) is 10.1. The van der Waals surface area contributed by atoms with Gasteiger partial charge in [-0.05, 0) is 49.4 Å². The number of aryl methyl sites for hydroxylation is 1. The summed E-state index contributed by atoms with van der Waals surface area (Å²) >= 11 is 0. The number of fused-ring (bicyclic) bond motifs is 2. The van der Waals surface area contributed by atoms with Crippen molar-refractivity contribution in [1.82, 2.24) is 24.6 Å². The quantitative estimate of drug-likeness (QED) is 0.310. The van der Waals surface area contributed by atoms with Crippen LogP contribution in [0.1, 0.15) is 75.5 Å². The first-order valence-corrected chi connectivity index (χ1v) is 12.0. The molecule has 6 nitrogen and oxygen atoms in total. The molecule has 4 aromatic rings. The van der Waals surface area contributed by atoms with Gasteiger partial charge in [-0.1, -0.05) is 46.5 Å². The summed E-state index contributed by atoms with van der Waals surface area (Å²) < 4.78 is 1.87. The summed E-state index contributed by atoms with van der Waals surface area (Å²) in [5.41, 5.74) is 9.01. The summed E-state index contributed by atoms with van der Waals surface area (Å²) in [6.45, 7) is 12.1. The maximum Gasteiger partial charge on any atom is 0.158 e. The average molecular weight is 433 g/mol. The Hall–Kier alpha value is -2.89. The third-order valence-corrected chi connectivity index (χ3v) is 6.63. The van der Waals surface area contributed by atoms with Crippen LogP contribution in [0.2, 0.25) is 0 Å². The molecule has 0 spiro atoms. The summed E-state index contributed by atoms with van der Waals surface area (Å²) in [7, 11) is 2.16. The Bertz CT molecular complexity index is 1220. The van der Waals surface area contributed by atoms with Gasteiger partial charge in [-0.2, -0.15) is 5.10 Å². The Morgan fingerprint density at radius 1 is 1.06 bits per heavy atom. The first-order chi connectivity index (χ1) is 15.4. The van der Waals surface area contributed by atoms with Crippen molar-refractivity contribution >= 4 is 22.5 Å². The fraction of sp³-hybridized carbons (Fsp3) is 0.500. The molecule has 4 aromatic heterocycles. The molecule has 32 heavy (non-hydrogen) atoms. The summed E-state index contributed by atoms with van der Waals surface area (Å²) in [5.74, 6) is 1.38. The van der Waals surface area contributed by atoms with Gasteiger partial charge in [0.1, 0.15) is 12.1 Å². The van der Waals surface area contributed by atoms with Crippen LogP contribution in [0.25, 0.3) is 27.9 Å². The van der Waals surface area contributed by atoms with Crippen molar-refractivity contribution < 1.29 is 0 Å². The van der Waals surface area contributed by atoms with Crippen molar-refractivity contribution in [2.45, 2.75) is 72.6 Å². The van der Waals surface area contributed by atoms with Crippen molar-refractivity contribution in [2.75, 3.05) is 18.5 Å². The van der Waals surface area contributed by atoms with Gasteiger partial charge in [-0.15, -0.1) is 0 Å². The lowest BCUT2D eigenvalue weighted by atomic mass is 9.95. The van der Waals surface area contributed by atoms with Crippen molar-refractivity contribution in [3.63, 3.8) is 0 Å².